The fourth-order valence-corrected chi connectivity index (χ4v) is 2.47. The Morgan fingerprint density at radius 1 is 1.54 bits per heavy atom. The highest BCUT2D eigenvalue weighted by Crippen LogP contribution is 2.33. The molecule has 1 aliphatic heterocycles. The van der Waals surface area contributed by atoms with Gasteiger partial charge in [0.05, 0.1) is 11.6 Å². The van der Waals surface area contributed by atoms with Crippen molar-refractivity contribution in [3.8, 4) is 0 Å². The summed E-state index contributed by atoms with van der Waals surface area (Å²) in [7, 11) is 3.29. The van der Waals surface area contributed by atoms with Crippen LogP contribution in [0, 0.1) is 0 Å². The Kier molecular flexibility index (Phi) is 3.94. The second-order valence-electron chi connectivity index (χ2n) is 3.40. The van der Waals surface area contributed by atoms with E-state index in [4.69, 9.17) is 19.9 Å². The van der Waals surface area contributed by atoms with Crippen LogP contribution in [0.3, 0.4) is 0 Å². The zero-order valence-corrected chi connectivity index (χ0v) is 10.3. The molecule has 1 fully saturated rings. The molecule has 1 rings (SSSR count). The number of nitrogens with two attached hydrogens (primary N) is 1. The van der Waals surface area contributed by atoms with Crippen LogP contribution in [0.1, 0.15) is 13.3 Å². The second kappa shape index (κ2) is 4.39. The van der Waals surface area contributed by atoms with Crippen molar-refractivity contribution >= 4 is 22.6 Å². The van der Waals surface area contributed by atoms with E-state index in [-0.39, 0.29) is 22.0 Å². The fourth-order valence-electron chi connectivity index (χ4n) is 1.38. The van der Waals surface area contributed by atoms with Crippen LogP contribution in [0.5, 0.6) is 0 Å². The minimum Gasteiger partial charge on any atom is -0.377 e. The molecule has 5 heteroatoms. The van der Waals surface area contributed by atoms with Crippen molar-refractivity contribution in [3.05, 3.63) is 0 Å². The van der Waals surface area contributed by atoms with Crippen molar-refractivity contribution in [1.82, 2.24) is 0 Å². The van der Waals surface area contributed by atoms with E-state index in [0.717, 1.165) is 0 Å². The number of halogens is 1. The van der Waals surface area contributed by atoms with Gasteiger partial charge in [-0.2, -0.15) is 0 Å². The van der Waals surface area contributed by atoms with Crippen LogP contribution in [0.2, 0.25) is 0 Å². The lowest BCUT2D eigenvalue weighted by atomic mass is 9.91. The Morgan fingerprint density at radius 2 is 2.15 bits per heavy atom. The molecule has 0 saturated carbocycles. The van der Waals surface area contributed by atoms with Crippen LogP contribution in [-0.4, -0.2) is 36.3 Å². The Balaban J connectivity index is 2.71. The molecule has 0 aromatic heterocycles. The van der Waals surface area contributed by atoms with Crippen molar-refractivity contribution in [2.75, 3.05) is 14.2 Å². The van der Waals surface area contributed by atoms with Gasteiger partial charge in [-0.25, -0.2) is 0 Å². The van der Waals surface area contributed by atoms with Crippen LogP contribution in [-0.2, 0) is 14.2 Å². The van der Waals surface area contributed by atoms with Crippen LogP contribution in [0.4, 0.5) is 0 Å². The van der Waals surface area contributed by atoms with Crippen molar-refractivity contribution in [2.24, 2.45) is 5.73 Å². The monoisotopic (exact) mass is 301 g/mol. The molecule has 1 saturated heterocycles. The summed E-state index contributed by atoms with van der Waals surface area (Å²) in [5, 5.41) is 0. The van der Waals surface area contributed by atoms with Crippen LogP contribution in [0.15, 0.2) is 0 Å². The number of methoxy groups -OCH3 is 2. The summed E-state index contributed by atoms with van der Waals surface area (Å²) in [6.07, 6.45) is 0.451. The Morgan fingerprint density at radius 3 is 2.62 bits per heavy atom. The third-order valence-electron chi connectivity index (χ3n) is 2.57. The molecule has 0 radical (unpaired) electrons. The van der Waals surface area contributed by atoms with E-state index in [1.54, 1.807) is 14.2 Å². The van der Waals surface area contributed by atoms with Crippen LogP contribution in [0.25, 0.3) is 0 Å². The largest absolute Gasteiger partial charge is 0.377 e. The van der Waals surface area contributed by atoms with E-state index in [1.165, 1.54) is 0 Å². The highest BCUT2D eigenvalue weighted by molar-refractivity contribution is 14.1. The molecule has 0 aliphatic carbocycles. The molecule has 13 heavy (non-hydrogen) atoms. The van der Waals surface area contributed by atoms with E-state index >= 15 is 0 Å². The molecule has 0 bridgehead atoms. The first-order valence-electron chi connectivity index (χ1n) is 4.16. The summed E-state index contributed by atoms with van der Waals surface area (Å²) >= 11 is 2.16. The Hall–Kier alpha value is 0.570. The number of hydrogen-bond donors (Lipinski definition) is 1. The van der Waals surface area contributed by atoms with E-state index in [0.29, 0.717) is 6.42 Å². The van der Waals surface area contributed by atoms with Gasteiger partial charge in [0, 0.05) is 20.6 Å². The molecule has 0 aromatic carbocycles. The topological polar surface area (TPSA) is 53.7 Å². The average Bonchev–Trinajstić information content (AvgIpc) is 2.13. The number of hydrogen-bond acceptors (Lipinski definition) is 4. The minimum absolute atomic E-state index is 0.0683. The van der Waals surface area contributed by atoms with Gasteiger partial charge in [-0.1, -0.05) is 0 Å². The van der Waals surface area contributed by atoms with Crippen molar-refractivity contribution in [1.29, 1.82) is 0 Å². The lowest BCUT2D eigenvalue weighted by Gasteiger charge is -2.43. The molecule has 4 atom stereocenters. The SMILES string of the molecule is CO[C@H]1C[C@@](C)(OC)[C@@H](N)[C@H](I)O1. The van der Waals surface area contributed by atoms with Gasteiger partial charge in [0.25, 0.3) is 0 Å². The quantitative estimate of drug-likeness (QED) is 0.607. The molecule has 0 amide bonds. The van der Waals surface area contributed by atoms with Crippen LogP contribution >= 0.6 is 22.6 Å². The van der Waals surface area contributed by atoms with Crippen molar-refractivity contribution in [2.45, 2.75) is 35.4 Å². The maximum absolute atomic E-state index is 5.97. The van der Waals surface area contributed by atoms with Gasteiger partial charge in [-0.05, 0) is 29.5 Å². The van der Waals surface area contributed by atoms with E-state index in [1.807, 2.05) is 6.92 Å². The molecule has 1 aliphatic rings. The first-order chi connectivity index (χ1) is 6.03. The lowest BCUT2D eigenvalue weighted by molar-refractivity contribution is -0.215. The van der Waals surface area contributed by atoms with Gasteiger partial charge >= 0.3 is 0 Å². The minimum atomic E-state index is -0.356. The van der Waals surface area contributed by atoms with Gasteiger partial charge in [-0.3, -0.25) is 0 Å². The normalized spacial score (nSPS) is 46.4. The highest BCUT2D eigenvalue weighted by atomic mass is 127. The Labute approximate surface area is 92.2 Å². The predicted octanol–water partition coefficient (Wildman–Crippen LogP) is 0.873. The molecule has 0 unspecified atom stereocenters. The summed E-state index contributed by atoms with van der Waals surface area (Å²) in [4.78, 5) is 0. The van der Waals surface area contributed by atoms with Crippen LogP contribution < -0.4 is 5.73 Å². The maximum atomic E-state index is 5.97. The highest BCUT2D eigenvalue weighted by Gasteiger charge is 2.44. The second-order valence-corrected chi connectivity index (χ2v) is 4.63. The smallest absolute Gasteiger partial charge is 0.161 e. The molecule has 4 nitrogen and oxygen atoms in total. The maximum Gasteiger partial charge on any atom is 0.161 e. The first kappa shape index (κ1) is 11.6. The number of alkyl halides is 1. The molecule has 2 N–H and O–H groups in total. The van der Waals surface area contributed by atoms with Gasteiger partial charge in [0.15, 0.2) is 6.29 Å². The van der Waals surface area contributed by atoms with Gasteiger partial charge in [0.2, 0.25) is 0 Å². The van der Waals surface area contributed by atoms with E-state index in [2.05, 4.69) is 22.6 Å². The molecule has 1 heterocycles. The summed E-state index contributed by atoms with van der Waals surface area (Å²) in [6, 6.07) is -0.121. The third-order valence-corrected chi connectivity index (χ3v) is 3.64. The molecule has 0 aromatic rings. The van der Waals surface area contributed by atoms with Gasteiger partial charge < -0.3 is 19.9 Å². The first-order valence-corrected chi connectivity index (χ1v) is 5.41. The molecular formula is C8H16INO3. The molecule has 78 valence electrons. The number of ether oxygens (including phenoxy) is 3. The molecular weight excluding hydrogens is 285 g/mol. The summed E-state index contributed by atoms with van der Waals surface area (Å²) < 4.78 is 16.0. The fraction of sp³-hybridized carbons (Fsp3) is 1.00. The van der Waals surface area contributed by atoms with Crippen molar-refractivity contribution in [3.63, 3.8) is 0 Å². The van der Waals surface area contributed by atoms with E-state index in [9.17, 15) is 0 Å². The zero-order valence-electron chi connectivity index (χ0n) is 8.12. The van der Waals surface area contributed by atoms with Gasteiger partial charge in [0.1, 0.15) is 4.11 Å². The zero-order chi connectivity index (χ0) is 10.1. The Bertz CT molecular complexity index is 181. The number of rotatable bonds is 2. The predicted molar refractivity (Wildman–Crippen MR) is 57.7 cm³/mol. The van der Waals surface area contributed by atoms with E-state index < -0.39 is 0 Å². The summed E-state index contributed by atoms with van der Waals surface area (Å²) in [6.45, 7) is 1.98. The summed E-state index contributed by atoms with van der Waals surface area (Å²) in [5.41, 5.74) is 5.61. The lowest BCUT2D eigenvalue weighted by Crippen LogP contribution is -2.59. The standard InChI is InChI=1S/C8H16INO3/c1-8(12-3)4-5(11-2)13-7(9)6(8)10/h5-7H,4,10H2,1-3H3/t5-,6+,7-,8-/m1/s1. The van der Waals surface area contributed by atoms with Gasteiger partial charge in [-0.15, -0.1) is 0 Å². The average molecular weight is 301 g/mol. The van der Waals surface area contributed by atoms with Crippen molar-refractivity contribution < 1.29 is 14.2 Å². The summed E-state index contributed by atoms with van der Waals surface area (Å²) in [5.74, 6) is 0. The third kappa shape index (κ3) is 2.33. The molecule has 0 spiro atoms.